The zero-order valence-corrected chi connectivity index (χ0v) is 9.92. The number of carbonyl (C=O) groups is 1. The zero-order chi connectivity index (χ0) is 11.7. The van der Waals surface area contributed by atoms with Gasteiger partial charge in [0.1, 0.15) is 0 Å². The van der Waals surface area contributed by atoms with Gasteiger partial charge in [-0.3, -0.25) is 0 Å². The van der Waals surface area contributed by atoms with Crippen LogP contribution in [0.5, 0.6) is 0 Å². The summed E-state index contributed by atoms with van der Waals surface area (Å²) in [6, 6.07) is 5.22. The van der Waals surface area contributed by atoms with Gasteiger partial charge in [0.25, 0.3) is 0 Å². The SMILES string of the molecule is O=C(O)/C=C(/c1ccc(Cl)c(Cl)c1)C1CC1. The molecular weight excluding hydrogens is 247 g/mol. The lowest BCUT2D eigenvalue weighted by Gasteiger charge is -2.06. The normalized spacial score (nSPS) is 16.2. The molecule has 84 valence electrons. The van der Waals surface area contributed by atoms with E-state index in [0.717, 1.165) is 24.0 Å². The van der Waals surface area contributed by atoms with Crippen LogP contribution in [0.2, 0.25) is 10.0 Å². The summed E-state index contributed by atoms with van der Waals surface area (Å²) in [5, 5.41) is 9.75. The Morgan fingerprint density at radius 3 is 2.50 bits per heavy atom. The number of aliphatic carboxylic acids is 1. The molecule has 0 heterocycles. The van der Waals surface area contributed by atoms with Gasteiger partial charge in [-0.25, -0.2) is 4.79 Å². The number of hydrogen-bond acceptors (Lipinski definition) is 1. The van der Waals surface area contributed by atoms with Gasteiger partial charge in [0.05, 0.1) is 10.0 Å². The predicted molar refractivity (Wildman–Crippen MR) is 64.8 cm³/mol. The molecule has 2 nitrogen and oxygen atoms in total. The number of hydrogen-bond donors (Lipinski definition) is 1. The second-order valence-corrected chi connectivity index (χ2v) is 4.66. The van der Waals surface area contributed by atoms with Crippen LogP contribution in [0.25, 0.3) is 5.57 Å². The van der Waals surface area contributed by atoms with Gasteiger partial charge in [-0.15, -0.1) is 0 Å². The average Bonchev–Trinajstić information content (AvgIpc) is 3.02. The smallest absolute Gasteiger partial charge is 0.328 e. The summed E-state index contributed by atoms with van der Waals surface area (Å²) >= 11 is 11.7. The van der Waals surface area contributed by atoms with Gasteiger partial charge in [0, 0.05) is 6.08 Å². The van der Waals surface area contributed by atoms with Gasteiger partial charge in [-0.05, 0) is 42.0 Å². The maximum Gasteiger partial charge on any atom is 0.328 e. The van der Waals surface area contributed by atoms with Crippen LogP contribution < -0.4 is 0 Å². The first-order valence-corrected chi connectivity index (χ1v) is 5.73. The van der Waals surface area contributed by atoms with Crippen molar-refractivity contribution < 1.29 is 9.90 Å². The highest BCUT2D eigenvalue weighted by Gasteiger charge is 2.27. The minimum Gasteiger partial charge on any atom is -0.478 e. The van der Waals surface area contributed by atoms with Crippen molar-refractivity contribution in [1.29, 1.82) is 0 Å². The summed E-state index contributed by atoms with van der Waals surface area (Å²) in [6.45, 7) is 0. The Labute approximate surface area is 103 Å². The Kier molecular flexibility index (Phi) is 3.22. The molecule has 0 unspecified atom stereocenters. The highest BCUT2D eigenvalue weighted by molar-refractivity contribution is 6.42. The lowest BCUT2D eigenvalue weighted by Crippen LogP contribution is -1.94. The molecule has 1 N–H and O–H groups in total. The summed E-state index contributed by atoms with van der Waals surface area (Å²) in [4.78, 5) is 10.7. The molecule has 0 amide bonds. The lowest BCUT2D eigenvalue weighted by molar-refractivity contribution is -0.131. The van der Waals surface area contributed by atoms with E-state index in [0.29, 0.717) is 16.0 Å². The fraction of sp³-hybridized carbons (Fsp3) is 0.250. The molecule has 1 fully saturated rings. The molecule has 0 aliphatic heterocycles. The second kappa shape index (κ2) is 4.48. The Bertz CT molecular complexity index is 462. The fourth-order valence-electron chi connectivity index (χ4n) is 1.64. The van der Waals surface area contributed by atoms with E-state index in [1.165, 1.54) is 6.08 Å². The summed E-state index contributed by atoms with van der Waals surface area (Å²) < 4.78 is 0. The summed E-state index contributed by atoms with van der Waals surface area (Å²) in [6.07, 6.45) is 3.34. The number of halogens is 2. The third-order valence-corrected chi connectivity index (χ3v) is 3.29. The highest BCUT2D eigenvalue weighted by atomic mass is 35.5. The van der Waals surface area contributed by atoms with Gasteiger partial charge in [-0.1, -0.05) is 29.3 Å². The van der Waals surface area contributed by atoms with Crippen LogP contribution in [0.15, 0.2) is 24.3 Å². The largest absolute Gasteiger partial charge is 0.478 e. The first-order chi connectivity index (χ1) is 7.58. The van der Waals surface area contributed by atoms with Gasteiger partial charge in [-0.2, -0.15) is 0 Å². The van der Waals surface area contributed by atoms with Crippen LogP contribution in [0, 0.1) is 5.92 Å². The van der Waals surface area contributed by atoms with Crippen LogP contribution >= 0.6 is 23.2 Å². The van der Waals surface area contributed by atoms with Gasteiger partial charge in [0.15, 0.2) is 0 Å². The molecule has 16 heavy (non-hydrogen) atoms. The van der Waals surface area contributed by atoms with E-state index in [-0.39, 0.29) is 0 Å². The van der Waals surface area contributed by atoms with Crippen molar-refractivity contribution in [3.63, 3.8) is 0 Å². The Morgan fingerprint density at radius 2 is 2.00 bits per heavy atom. The molecule has 2 rings (SSSR count). The van der Waals surface area contributed by atoms with Crippen molar-refractivity contribution in [3.05, 3.63) is 39.9 Å². The topological polar surface area (TPSA) is 37.3 Å². The van der Waals surface area contributed by atoms with E-state index in [1.807, 2.05) is 0 Å². The van der Waals surface area contributed by atoms with E-state index < -0.39 is 5.97 Å². The van der Waals surface area contributed by atoms with Gasteiger partial charge in [0.2, 0.25) is 0 Å². The minimum atomic E-state index is -0.923. The Morgan fingerprint density at radius 1 is 1.31 bits per heavy atom. The van der Waals surface area contributed by atoms with Crippen molar-refractivity contribution in [2.45, 2.75) is 12.8 Å². The summed E-state index contributed by atoms with van der Waals surface area (Å²) in [5.74, 6) is -0.568. The molecule has 1 saturated carbocycles. The molecule has 1 aromatic carbocycles. The maximum absolute atomic E-state index is 10.7. The second-order valence-electron chi connectivity index (χ2n) is 3.84. The molecule has 4 heteroatoms. The van der Waals surface area contributed by atoms with Gasteiger partial charge < -0.3 is 5.11 Å². The standard InChI is InChI=1S/C12H10Cl2O2/c13-10-4-3-8(5-11(10)14)9(6-12(15)16)7-1-2-7/h3-7H,1-2H2,(H,15,16)/b9-6+. The quantitative estimate of drug-likeness (QED) is 0.834. The van der Waals surface area contributed by atoms with Crippen molar-refractivity contribution in [3.8, 4) is 0 Å². The number of rotatable bonds is 3. The average molecular weight is 257 g/mol. The fourth-order valence-corrected chi connectivity index (χ4v) is 1.94. The molecule has 0 aromatic heterocycles. The molecule has 1 aliphatic rings. The third-order valence-electron chi connectivity index (χ3n) is 2.55. The van der Waals surface area contributed by atoms with E-state index in [4.69, 9.17) is 28.3 Å². The first kappa shape index (κ1) is 11.5. The number of benzene rings is 1. The van der Waals surface area contributed by atoms with E-state index in [9.17, 15) is 4.79 Å². The molecule has 0 spiro atoms. The highest BCUT2D eigenvalue weighted by Crippen LogP contribution is 2.42. The monoisotopic (exact) mass is 256 g/mol. The van der Waals surface area contributed by atoms with Crippen molar-refractivity contribution in [1.82, 2.24) is 0 Å². The predicted octanol–water partition coefficient (Wildman–Crippen LogP) is 3.87. The lowest BCUT2D eigenvalue weighted by atomic mass is 10.0. The zero-order valence-electron chi connectivity index (χ0n) is 8.41. The van der Waals surface area contributed by atoms with Gasteiger partial charge >= 0.3 is 5.97 Å². The molecule has 0 saturated heterocycles. The first-order valence-electron chi connectivity index (χ1n) is 4.98. The number of allylic oxidation sites excluding steroid dienone is 1. The summed E-state index contributed by atoms with van der Waals surface area (Å²) in [5.41, 5.74) is 1.69. The third kappa shape index (κ3) is 2.57. The van der Waals surface area contributed by atoms with Crippen molar-refractivity contribution >= 4 is 34.7 Å². The number of carboxylic acid groups (broad SMARTS) is 1. The maximum atomic E-state index is 10.7. The Hall–Kier alpha value is -0.990. The molecule has 0 radical (unpaired) electrons. The van der Waals surface area contributed by atoms with Crippen LogP contribution in [0.1, 0.15) is 18.4 Å². The molecule has 0 bridgehead atoms. The molecule has 1 aliphatic carbocycles. The summed E-state index contributed by atoms with van der Waals surface area (Å²) in [7, 11) is 0. The number of carboxylic acids is 1. The van der Waals surface area contributed by atoms with Crippen molar-refractivity contribution in [2.24, 2.45) is 5.92 Å². The minimum absolute atomic E-state index is 0.355. The Balaban J connectivity index is 2.39. The van der Waals surface area contributed by atoms with Crippen LogP contribution in [0.3, 0.4) is 0 Å². The van der Waals surface area contributed by atoms with Crippen molar-refractivity contribution in [2.75, 3.05) is 0 Å². The molecular formula is C12H10Cl2O2. The molecule has 1 aromatic rings. The van der Waals surface area contributed by atoms with Crippen LogP contribution in [-0.4, -0.2) is 11.1 Å². The molecule has 0 atom stereocenters. The van der Waals surface area contributed by atoms with E-state index >= 15 is 0 Å². The van der Waals surface area contributed by atoms with E-state index in [1.54, 1.807) is 18.2 Å². The van der Waals surface area contributed by atoms with Crippen LogP contribution in [0.4, 0.5) is 0 Å². The van der Waals surface area contributed by atoms with E-state index in [2.05, 4.69) is 0 Å². The van der Waals surface area contributed by atoms with Crippen LogP contribution in [-0.2, 0) is 4.79 Å².